The van der Waals surface area contributed by atoms with Crippen molar-refractivity contribution in [3.63, 3.8) is 0 Å². The van der Waals surface area contributed by atoms with E-state index in [2.05, 4.69) is 45.0 Å². The summed E-state index contributed by atoms with van der Waals surface area (Å²) >= 11 is 0. The van der Waals surface area contributed by atoms with E-state index >= 15 is 0 Å². The number of amides is 1. The third-order valence-corrected chi connectivity index (χ3v) is 5.34. The van der Waals surface area contributed by atoms with Gasteiger partial charge in [0.1, 0.15) is 0 Å². The molecule has 1 aliphatic carbocycles. The molecule has 7 heteroatoms. The molecule has 3 N–H and O–H groups in total. The molecule has 1 amide bonds. The van der Waals surface area contributed by atoms with Crippen molar-refractivity contribution >= 4 is 11.9 Å². The number of hydrogen-bond acceptors (Lipinski definition) is 4. The molecule has 1 aromatic carbocycles. The Morgan fingerprint density at radius 2 is 2.03 bits per heavy atom. The topological polar surface area (TPSA) is 91.6 Å². The van der Waals surface area contributed by atoms with Gasteiger partial charge in [0.25, 0.3) is 0 Å². The number of carbonyl (C=O) groups is 1. The molecule has 2 atom stereocenters. The van der Waals surface area contributed by atoms with Gasteiger partial charge in [-0.05, 0) is 40.0 Å². The van der Waals surface area contributed by atoms with Crippen molar-refractivity contribution in [1.29, 1.82) is 0 Å². The molecule has 7 nitrogen and oxygen atoms in total. The van der Waals surface area contributed by atoms with Crippen LogP contribution in [0.2, 0.25) is 0 Å². The normalized spacial score (nSPS) is 19.6. The average Bonchev–Trinajstić information content (AvgIpc) is 3.20. The van der Waals surface area contributed by atoms with E-state index in [0.29, 0.717) is 18.4 Å². The van der Waals surface area contributed by atoms with E-state index in [1.807, 2.05) is 26.0 Å². The first kappa shape index (κ1) is 21.9. The Hall–Kier alpha value is -2.83. The van der Waals surface area contributed by atoms with Crippen molar-refractivity contribution in [2.45, 2.75) is 65.1 Å². The third-order valence-electron chi connectivity index (χ3n) is 5.34. The minimum Gasteiger partial charge on any atom is -0.439 e. The summed E-state index contributed by atoms with van der Waals surface area (Å²) in [6.07, 6.45) is 5.57. The predicted molar refractivity (Wildman–Crippen MR) is 119 cm³/mol. The number of aryl methyl sites for hydroxylation is 1. The van der Waals surface area contributed by atoms with Crippen LogP contribution < -0.4 is 16.0 Å². The van der Waals surface area contributed by atoms with Crippen molar-refractivity contribution in [2.24, 2.45) is 10.9 Å². The van der Waals surface area contributed by atoms with E-state index in [-0.39, 0.29) is 23.9 Å². The monoisotopic (exact) mass is 411 g/mol. The lowest BCUT2D eigenvalue weighted by Gasteiger charge is -2.30. The van der Waals surface area contributed by atoms with E-state index in [1.165, 1.54) is 5.56 Å². The fraction of sp³-hybridized carbons (Fsp3) is 0.522. The van der Waals surface area contributed by atoms with Crippen molar-refractivity contribution in [3.05, 3.63) is 41.9 Å². The number of guanidine groups is 1. The van der Waals surface area contributed by atoms with Gasteiger partial charge in [-0.25, -0.2) is 4.98 Å². The highest BCUT2D eigenvalue weighted by Crippen LogP contribution is 2.25. The predicted octanol–water partition coefficient (Wildman–Crippen LogP) is 3.40. The van der Waals surface area contributed by atoms with E-state index < -0.39 is 0 Å². The van der Waals surface area contributed by atoms with Crippen LogP contribution in [0.5, 0.6) is 0 Å². The summed E-state index contributed by atoms with van der Waals surface area (Å²) in [5.74, 6) is 2.26. The maximum absolute atomic E-state index is 12.4. The van der Waals surface area contributed by atoms with Gasteiger partial charge in [-0.1, -0.05) is 36.2 Å². The van der Waals surface area contributed by atoms with Gasteiger partial charge in [0, 0.05) is 30.6 Å². The minimum absolute atomic E-state index is 0.0561. The second-order valence-electron chi connectivity index (χ2n) is 8.28. The highest BCUT2D eigenvalue weighted by Gasteiger charge is 2.28. The first-order valence-electron chi connectivity index (χ1n) is 10.7. The number of nitrogens with one attached hydrogen (secondary N) is 3. The molecule has 1 saturated carbocycles. The number of oxazole rings is 1. The molecule has 0 radical (unpaired) electrons. The number of nitrogens with zero attached hydrogens (tertiary/aromatic N) is 2. The van der Waals surface area contributed by atoms with Gasteiger partial charge >= 0.3 is 0 Å². The summed E-state index contributed by atoms with van der Waals surface area (Å²) in [5, 5.41) is 9.75. The average molecular weight is 412 g/mol. The van der Waals surface area contributed by atoms with E-state index in [9.17, 15) is 4.79 Å². The number of aliphatic imine (C=N–C) groups is 1. The number of hydrogen-bond donors (Lipinski definition) is 3. The van der Waals surface area contributed by atoms with Gasteiger partial charge in [-0.3, -0.25) is 9.79 Å². The molecule has 2 aromatic rings. The molecular formula is C23H33N5O2. The Labute approximate surface area is 178 Å². The molecule has 162 valence electrons. The first-order chi connectivity index (χ1) is 14.4. The number of rotatable bonds is 6. The standard InChI is InChI=1S/C23H33N5O2/c1-15(2)27-22(29)18-6-5-7-19(12-18)28-23(24-4)26-14-21-25-13-20(30-21)17-10-8-16(3)9-11-17/h8-11,13,15,18-19H,5-7,12,14H2,1-4H3,(H,27,29)(H2,24,26,28). The molecule has 1 fully saturated rings. The molecule has 0 aliphatic heterocycles. The summed E-state index contributed by atoms with van der Waals surface area (Å²) in [4.78, 5) is 21.0. The van der Waals surface area contributed by atoms with Crippen LogP contribution in [0.4, 0.5) is 0 Å². The number of carbonyl (C=O) groups excluding carboxylic acids is 1. The smallest absolute Gasteiger partial charge is 0.223 e. The minimum atomic E-state index is 0.0561. The van der Waals surface area contributed by atoms with Crippen LogP contribution in [0.15, 0.2) is 39.9 Å². The SMILES string of the molecule is CN=C(NCc1ncc(-c2ccc(C)cc2)o1)NC1CCCC(C(=O)NC(C)C)C1. The summed E-state index contributed by atoms with van der Waals surface area (Å²) in [5.41, 5.74) is 2.22. The molecule has 0 bridgehead atoms. The quantitative estimate of drug-likeness (QED) is 0.501. The Morgan fingerprint density at radius 1 is 1.27 bits per heavy atom. The summed E-state index contributed by atoms with van der Waals surface area (Å²) in [6, 6.07) is 8.57. The van der Waals surface area contributed by atoms with Crippen molar-refractivity contribution in [1.82, 2.24) is 20.9 Å². The summed E-state index contributed by atoms with van der Waals surface area (Å²) in [6.45, 7) is 6.49. The van der Waals surface area contributed by atoms with Crippen molar-refractivity contribution < 1.29 is 9.21 Å². The van der Waals surface area contributed by atoms with Crippen LogP contribution in [-0.2, 0) is 11.3 Å². The molecule has 0 spiro atoms. The van der Waals surface area contributed by atoms with E-state index in [4.69, 9.17) is 4.42 Å². The lowest BCUT2D eigenvalue weighted by atomic mass is 9.85. The highest BCUT2D eigenvalue weighted by molar-refractivity contribution is 5.81. The Balaban J connectivity index is 1.51. The molecule has 1 aliphatic rings. The third kappa shape index (κ3) is 6.08. The summed E-state index contributed by atoms with van der Waals surface area (Å²) < 4.78 is 5.87. The molecule has 1 heterocycles. The van der Waals surface area contributed by atoms with Crippen LogP contribution in [0.1, 0.15) is 51.0 Å². The van der Waals surface area contributed by atoms with Crippen LogP contribution in [0.3, 0.4) is 0 Å². The van der Waals surface area contributed by atoms with Gasteiger partial charge in [0.15, 0.2) is 11.7 Å². The molecular weight excluding hydrogens is 378 g/mol. The van der Waals surface area contributed by atoms with Crippen molar-refractivity contribution in [2.75, 3.05) is 7.05 Å². The second kappa shape index (κ2) is 10.3. The Bertz CT molecular complexity index is 857. The second-order valence-corrected chi connectivity index (χ2v) is 8.28. The molecule has 30 heavy (non-hydrogen) atoms. The Morgan fingerprint density at radius 3 is 2.73 bits per heavy atom. The Kier molecular flexibility index (Phi) is 7.49. The summed E-state index contributed by atoms with van der Waals surface area (Å²) in [7, 11) is 1.74. The van der Waals surface area contributed by atoms with Crippen LogP contribution in [0.25, 0.3) is 11.3 Å². The van der Waals surface area contributed by atoms with Gasteiger partial charge < -0.3 is 20.4 Å². The van der Waals surface area contributed by atoms with Gasteiger partial charge in [0.05, 0.1) is 12.7 Å². The number of aromatic nitrogens is 1. The largest absolute Gasteiger partial charge is 0.439 e. The fourth-order valence-electron chi connectivity index (χ4n) is 3.75. The zero-order valence-electron chi connectivity index (χ0n) is 18.4. The molecule has 1 aromatic heterocycles. The van der Waals surface area contributed by atoms with E-state index in [1.54, 1.807) is 13.2 Å². The fourth-order valence-corrected chi connectivity index (χ4v) is 3.75. The zero-order chi connectivity index (χ0) is 21.5. The lowest BCUT2D eigenvalue weighted by molar-refractivity contribution is -0.126. The molecule has 0 saturated heterocycles. The van der Waals surface area contributed by atoms with Gasteiger partial charge in [0.2, 0.25) is 11.8 Å². The molecule has 3 rings (SSSR count). The number of benzene rings is 1. The van der Waals surface area contributed by atoms with Crippen molar-refractivity contribution in [3.8, 4) is 11.3 Å². The zero-order valence-corrected chi connectivity index (χ0v) is 18.4. The highest BCUT2D eigenvalue weighted by atomic mass is 16.4. The lowest BCUT2D eigenvalue weighted by Crippen LogP contribution is -2.47. The molecule has 2 unspecified atom stereocenters. The van der Waals surface area contributed by atoms with E-state index in [0.717, 1.165) is 37.0 Å². The maximum Gasteiger partial charge on any atom is 0.223 e. The first-order valence-corrected chi connectivity index (χ1v) is 10.7. The van der Waals surface area contributed by atoms with Gasteiger partial charge in [-0.15, -0.1) is 0 Å². The van der Waals surface area contributed by atoms with Crippen LogP contribution in [-0.4, -0.2) is 36.0 Å². The maximum atomic E-state index is 12.4. The van der Waals surface area contributed by atoms with Crippen LogP contribution in [0, 0.1) is 12.8 Å². The van der Waals surface area contributed by atoms with Gasteiger partial charge in [-0.2, -0.15) is 0 Å². The van der Waals surface area contributed by atoms with Crippen LogP contribution >= 0.6 is 0 Å².